The van der Waals surface area contributed by atoms with E-state index in [1.807, 2.05) is 41.7 Å². The first kappa shape index (κ1) is 15.8. The number of hydrazine groups is 1. The Hall–Kier alpha value is 0.420. The molecular weight excluding hydrogens is 319 g/mol. The number of hydrogen-bond donors (Lipinski definition) is 2. The molecule has 0 radical (unpaired) electrons. The monoisotopic (exact) mass is 336 g/mol. The van der Waals surface area contributed by atoms with E-state index >= 15 is 0 Å². The molecule has 3 unspecified atom stereocenters. The molecule has 0 aromatic heterocycles. The molecule has 1 aliphatic rings. The molecule has 2 nitrogen and oxygen atoms in total. The summed E-state index contributed by atoms with van der Waals surface area (Å²) in [5.74, 6) is 8.14. The molecular formula is C13H18Cl2N2S2. The summed E-state index contributed by atoms with van der Waals surface area (Å²) in [6.07, 6.45) is 0.761. The molecule has 1 saturated heterocycles. The van der Waals surface area contributed by atoms with Crippen molar-refractivity contribution in [3.63, 3.8) is 0 Å². The molecule has 0 saturated carbocycles. The van der Waals surface area contributed by atoms with Crippen LogP contribution in [0.3, 0.4) is 0 Å². The van der Waals surface area contributed by atoms with Gasteiger partial charge in [0.05, 0.1) is 0 Å². The van der Waals surface area contributed by atoms with Gasteiger partial charge in [-0.25, -0.2) is 0 Å². The Bertz CT molecular complexity index is 411. The average Bonchev–Trinajstić information content (AvgIpc) is 2.40. The van der Waals surface area contributed by atoms with Crippen molar-refractivity contribution in [2.24, 2.45) is 5.84 Å². The van der Waals surface area contributed by atoms with Crippen LogP contribution < -0.4 is 11.3 Å². The first-order valence-corrected chi connectivity index (χ1v) is 9.11. The Morgan fingerprint density at radius 1 is 1.32 bits per heavy atom. The van der Waals surface area contributed by atoms with Gasteiger partial charge in [0.25, 0.3) is 0 Å². The fraction of sp³-hybridized carbons (Fsp3) is 0.538. The van der Waals surface area contributed by atoms with Crippen molar-refractivity contribution in [1.29, 1.82) is 0 Å². The lowest BCUT2D eigenvalue weighted by atomic mass is 10.0. The van der Waals surface area contributed by atoms with Crippen molar-refractivity contribution in [1.82, 2.24) is 5.43 Å². The molecule has 0 aliphatic carbocycles. The van der Waals surface area contributed by atoms with Gasteiger partial charge in [-0.2, -0.15) is 23.5 Å². The van der Waals surface area contributed by atoms with Crippen LogP contribution >= 0.6 is 46.7 Å². The highest BCUT2D eigenvalue weighted by atomic mass is 35.5. The van der Waals surface area contributed by atoms with Gasteiger partial charge in [0.2, 0.25) is 0 Å². The minimum atomic E-state index is 0.185. The molecule has 0 bridgehead atoms. The molecule has 2 rings (SSSR count). The number of thioether (sulfide) groups is 2. The molecule has 3 atom stereocenters. The topological polar surface area (TPSA) is 38.0 Å². The number of hydrogen-bond acceptors (Lipinski definition) is 4. The Labute approximate surface area is 133 Å². The van der Waals surface area contributed by atoms with Crippen molar-refractivity contribution in [3.05, 3.63) is 33.8 Å². The maximum Gasteiger partial charge on any atom is 0.0453 e. The van der Waals surface area contributed by atoms with Crippen molar-refractivity contribution in [2.75, 3.05) is 11.5 Å². The summed E-state index contributed by atoms with van der Waals surface area (Å²) in [4.78, 5) is 0. The zero-order valence-corrected chi connectivity index (χ0v) is 13.9. The molecule has 0 amide bonds. The number of rotatable bonds is 4. The van der Waals surface area contributed by atoms with Crippen LogP contribution in [-0.4, -0.2) is 28.0 Å². The van der Waals surface area contributed by atoms with Crippen LogP contribution in [0.1, 0.15) is 12.5 Å². The molecule has 0 spiro atoms. The smallest absolute Gasteiger partial charge is 0.0453 e. The minimum absolute atomic E-state index is 0.185. The van der Waals surface area contributed by atoms with E-state index in [1.165, 1.54) is 11.5 Å². The van der Waals surface area contributed by atoms with Crippen molar-refractivity contribution < 1.29 is 0 Å². The van der Waals surface area contributed by atoms with E-state index in [-0.39, 0.29) is 6.04 Å². The van der Waals surface area contributed by atoms with E-state index in [0.29, 0.717) is 20.5 Å². The van der Waals surface area contributed by atoms with Gasteiger partial charge in [-0.3, -0.25) is 11.3 Å². The van der Waals surface area contributed by atoms with Crippen LogP contribution in [-0.2, 0) is 6.42 Å². The molecule has 3 N–H and O–H groups in total. The predicted octanol–water partition coefficient (Wildman–Crippen LogP) is 3.60. The number of nitrogens with one attached hydrogen (secondary N) is 1. The zero-order valence-electron chi connectivity index (χ0n) is 10.7. The van der Waals surface area contributed by atoms with Crippen molar-refractivity contribution in [3.8, 4) is 0 Å². The van der Waals surface area contributed by atoms with E-state index < -0.39 is 0 Å². The normalized spacial score (nSPS) is 25.3. The molecule has 6 heteroatoms. The van der Waals surface area contributed by atoms with Crippen LogP contribution in [0.4, 0.5) is 0 Å². The summed E-state index contributed by atoms with van der Waals surface area (Å²) < 4.78 is 0. The summed E-state index contributed by atoms with van der Waals surface area (Å²) in [6.45, 7) is 2.26. The average molecular weight is 337 g/mol. The fourth-order valence-electron chi connectivity index (χ4n) is 2.31. The fourth-order valence-corrected chi connectivity index (χ4v) is 5.80. The summed E-state index contributed by atoms with van der Waals surface area (Å²) in [5, 5.41) is 2.50. The third kappa shape index (κ3) is 3.96. The van der Waals surface area contributed by atoms with Crippen LogP contribution in [0.15, 0.2) is 18.2 Å². The molecule has 1 aliphatic heterocycles. The zero-order chi connectivity index (χ0) is 13.8. The SMILES string of the molecule is CC1SCCSC1C(Cc1c(Cl)cccc1Cl)NN. The highest BCUT2D eigenvalue weighted by Crippen LogP contribution is 2.35. The van der Waals surface area contributed by atoms with Crippen LogP contribution in [0.25, 0.3) is 0 Å². The lowest BCUT2D eigenvalue weighted by Crippen LogP contribution is -2.48. The third-order valence-electron chi connectivity index (χ3n) is 3.33. The van der Waals surface area contributed by atoms with Crippen LogP contribution in [0.5, 0.6) is 0 Å². The van der Waals surface area contributed by atoms with Gasteiger partial charge in [0.15, 0.2) is 0 Å². The Balaban J connectivity index is 2.14. The largest absolute Gasteiger partial charge is 0.271 e. The lowest BCUT2D eigenvalue weighted by Gasteiger charge is -2.34. The second-order valence-corrected chi connectivity index (χ2v) is 8.17. The van der Waals surface area contributed by atoms with Gasteiger partial charge in [0.1, 0.15) is 0 Å². The van der Waals surface area contributed by atoms with Crippen molar-refractivity contribution in [2.45, 2.75) is 29.9 Å². The second kappa shape index (κ2) is 7.43. The minimum Gasteiger partial charge on any atom is -0.271 e. The first-order valence-electron chi connectivity index (χ1n) is 6.25. The molecule has 1 fully saturated rings. The third-order valence-corrected chi connectivity index (χ3v) is 7.29. The predicted molar refractivity (Wildman–Crippen MR) is 89.4 cm³/mol. The maximum absolute atomic E-state index is 6.24. The highest BCUT2D eigenvalue weighted by Gasteiger charge is 2.30. The Kier molecular flexibility index (Phi) is 6.18. The van der Waals surface area contributed by atoms with Gasteiger partial charge in [-0.05, 0) is 24.1 Å². The second-order valence-electron chi connectivity index (χ2n) is 4.59. The molecule has 1 heterocycles. The highest BCUT2D eigenvalue weighted by molar-refractivity contribution is 8.07. The summed E-state index contributed by atoms with van der Waals surface area (Å²) in [6, 6.07) is 5.81. The van der Waals surface area contributed by atoms with Crippen molar-refractivity contribution >= 4 is 46.7 Å². The van der Waals surface area contributed by atoms with Crippen LogP contribution in [0, 0.1) is 0 Å². The quantitative estimate of drug-likeness (QED) is 0.650. The van der Waals surface area contributed by atoms with Gasteiger partial charge in [-0.15, -0.1) is 0 Å². The maximum atomic E-state index is 6.24. The molecule has 19 heavy (non-hydrogen) atoms. The number of benzene rings is 1. The lowest BCUT2D eigenvalue weighted by molar-refractivity contribution is 0.501. The van der Waals surface area contributed by atoms with E-state index in [9.17, 15) is 0 Å². The molecule has 106 valence electrons. The van der Waals surface area contributed by atoms with Gasteiger partial charge < -0.3 is 0 Å². The summed E-state index contributed by atoms with van der Waals surface area (Å²) in [5.41, 5.74) is 3.94. The number of halogens is 2. The summed E-state index contributed by atoms with van der Waals surface area (Å²) in [7, 11) is 0. The molecule has 1 aromatic rings. The Morgan fingerprint density at radius 2 is 1.95 bits per heavy atom. The van der Waals surface area contributed by atoms with E-state index in [1.54, 1.807) is 0 Å². The van der Waals surface area contributed by atoms with E-state index in [2.05, 4.69) is 12.3 Å². The van der Waals surface area contributed by atoms with Gasteiger partial charge in [0, 0.05) is 38.1 Å². The summed E-state index contributed by atoms with van der Waals surface area (Å²) >= 11 is 16.5. The number of nitrogens with two attached hydrogens (primary N) is 1. The Morgan fingerprint density at radius 3 is 2.53 bits per heavy atom. The van der Waals surface area contributed by atoms with Crippen LogP contribution in [0.2, 0.25) is 10.0 Å². The molecule has 1 aromatic carbocycles. The van der Waals surface area contributed by atoms with Gasteiger partial charge in [-0.1, -0.05) is 36.2 Å². The van der Waals surface area contributed by atoms with E-state index in [0.717, 1.165) is 12.0 Å². The standard InChI is InChI=1S/C13H18Cl2N2S2/c1-8-13(19-6-5-18-8)12(17-16)7-9-10(14)3-2-4-11(9)15/h2-4,8,12-13,17H,5-7,16H2,1H3. The van der Waals surface area contributed by atoms with E-state index in [4.69, 9.17) is 29.0 Å². The first-order chi connectivity index (χ1) is 9.13. The van der Waals surface area contributed by atoms with Gasteiger partial charge >= 0.3 is 0 Å².